The lowest BCUT2D eigenvalue weighted by atomic mass is 10.3. The number of nitrogens with zero attached hydrogens (tertiary/aromatic N) is 1. The quantitative estimate of drug-likeness (QED) is 0.330. The number of rotatable bonds is 5. The van der Waals surface area contributed by atoms with Gasteiger partial charge in [0.15, 0.2) is 0 Å². The molecule has 1 aromatic rings. The Morgan fingerprint density at radius 1 is 1.44 bits per heavy atom. The molecule has 0 atom stereocenters. The summed E-state index contributed by atoms with van der Waals surface area (Å²) in [6, 6.07) is 7.03. The minimum Gasteiger partial charge on any atom is -0.510 e. The van der Waals surface area contributed by atoms with Gasteiger partial charge in [-0.15, -0.1) is 4.91 Å². The molecular formula is C11H13N3O3S. The molecule has 0 radical (unpaired) electrons. The normalized spacial score (nSPS) is 11.7. The summed E-state index contributed by atoms with van der Waals surface area (Å²) in [6.07, 6.45) is 0. The summed E-state index contributed by atoms with van der Waals surface area (Å²) in [6.45, 7) is 1.23. The fraction of sp³-hybridized carbons (Fsp3) is 0.182. The van der Waals surface area contributed by atoms with E-state index in [0.29, 0.717) is 5.69 Å². The van der Waals surface area contributed by atoms with Crippen LogP contribution in [0.5, 0.6) is 0 Å². The SMILES string of the molecule is CNSc1cccc(NC(=O)C(N=O)=C(C)O)c1. The summed E-state index contributed by atoms with van der Waals surface area (Å²) < 4.78 is 2.90. The smallest absolute Gasteiger partial charge is 0.281 e. The molecule has 1 amide bonds. The highest BCUT2D eigenvalue weighted by atomic mass is 32.2. The Morgan fingerprint density at radius 2 is 2.17 bits per heavy atom. The maximum Gasteiger partial charge on any atom is 0.281 e. The largest absolute Gasteiger partial charge is 0.510 e. The first-order valence-electron chi connectivity index (χ1n) is 5.06. The second kappa shape index (κ2) is 6.77. The van der Waals surface area contributed by atoms with E-state index < -0.39 is 17.4 Å². The highest BCUT2D eigenvalue weighted by Gasteiger charge is 2.14. The van der Waals surface area contributed by atoms with Crippen LogP contribution < -0.4 is 10.0 Å². The van der Waals surface area contributed by atoms with Crippen LogP contribution >= 0.6 is 11.9 Å². The van der Waals surface area contributed by atoms with Crippen molar-refractivity contribution in [2.45, 2.75) is 11.8 Å². The van der Waals surface area contributed by atoms with Crippen LogP contribution in [0.25, 0.3) is 0 Å². The van der Waals surface area contributed by atoms with Crippen LogP contribution in [0.1, 0.15) is 6.92 Å². The molecule has 0 aromatic heterocycles. The minimum atomic E-state index is -0.739. The van der Waals surface area contributed by atoms with Crippen LogP contribution in [0.2, 0.25) is 0 Å². The Labute approximate surface area is 109 Å². The van der Waals surface area contributed by atoms with Gasteiger partial charge in [0.2, 0.25) is 5.70 Å². The van der Waals surface area contributed by atoms with Crippen LogP contribution in [-0.4, -0.2) is 18.1 Å². The third-order valence-corrected chi connectivity index (χ3v) is 2.65. The van der Waals surface area contributed by atoms with E-state index in [4.69, 9.17) is 5.11 Å². The maximum atomic E-state index is 11.6. The van der Waals surface area contributed by atoms with Crippen molar-refractivity contribution in [1.82, 2.24) is 4.72 Å². The van der Waals surface area contributed by atoms with E-state index in [1.165, 1.54) is 18.9 Å². The van der Waals surface area contributed by atoms with E-state index in [0.717, 1.165) is 4.90 Å². The Balaban J connectivity index is 2.85. The predicted molar refractivity (Wildman–Crippen MR) is 71.1 cm³/mol. The van der Waals surface area contributed by atoms with Gasteiger partial charge in [-0.25, -0.2) is 0 Å². The highest BCUT2D eigenvalue weighted by Crippen LogP contribution is 2.19. The third kappa shape index (κ3) is 3.86. The summed E-state index contributed by atoms with van der Waals surface area (Å²) in [5, 5.41) is 14.1. The summed E-state index contributed by atoms with van der Waals surface area (Å²) in [4.78, 5) is 22.9. The second-order valence-corrected chi connectivity index (χ2v) is 4.40. The first-order valence-corrected chi connectivity index (χ1v) is 5.88. The number of carbonyl (C=O) groups is 1. The number of carbonyl (C=O) groups excluding carboxylic acids is 1. The van der Waals surface area contributed by atoms with Crippen molar-refractivity contribution in [3.05, 3.63) is 40.6 Å². The molecule has 0 saturated heterocycles. The summed E-state index contributed by atoms with van der Waals surface area (Å²) in [5.74, 6) is -1.15. The van der Waals surface area contributed by atoms with Gasteiger partial charge in [-0.2, -0.15) is 0 Å². The fourth-order valence-electron chi connectivity index (χ4n) is 1.22. The zero-order chi connectivity index (χ0) is 13.5. The van der Waals surface area contributed by atoms with Gasteiger partial charge in [-0.3, -0.25) is 9.52 Å². The summed E-state index contributed by atoms with van der Waals surface area (Å²) >= 11 is 1.39. The molecule has 0 heterocycles. The molecular weight excluding hydrogens is 254 g/mol. The lowest BCUT2D eigenvalue weighted by Gasteiger charge is -2.06. The van der Waals surface area contributed by atoms with Gasteiger partial charge in [0.25, 0.3) is 5.91 Å². The number of nitroso groups, excluding NO2 is 1. The number of benzene rings is 1. The van der Waals surface area contributed by atoms with Crippen molar-refractivity contribution >= 4 is 23.5 Å². The average Bonchev–Trinajstić information content (AvgIpc) is 2.30. The van der Waals surface area contributed by atoms with Gasteiger partial charge < -0.3 is 10.4 Å². The van der Waals surface area contributed by atoms with E-state index in [-0.39, 0.29) is 0 Å². The lowest BCUT2D eigenvalue weighted by molar-refractivity contribution is -0.113. The van der Waals surface area contributed by atoms with Gasteiger partial charge >= 0.3 is 0 Å². The molecule has 0 saturated carbocycles. The molecule has 0 aliphatic rings. The predicted octanol–water partition coefficient (Wildman–Crippen LogP) is 2.41. The Kier molecular flexibility index (Phi) is 5.34. The number of amides is 1. The van der Waals surface area contributed by atoms with Gasteiger partial charge in [0, 0.05) is 10.6 Å². The molecule has 0 spiro atoms. The number of aliphatic hydroxyl groups excluding tert-OH is 1. The first kappa shape index (κ1) is 14.2. The molecule has 96 valence electrons. The topological polar surface area (TPSA) is 90.8 Å². The van der Waals surface area contributed by atoms with Crippen LogP contribution in [-0.2, 0) is 4.79 Å². The summed E-state index contributed by atoms with van der Waals surface area (Å²) in [5.41, 5.74) is -0.00989. The van der Waals surface area contributed by atoms with E-state index in [1.54, 1.807) is 25.2 Å². The molecule has 6 nitrogen and oxygen atoms in total. The van der Waals surface area contributed by atoms with Gasteiger partial charge in [-0.05, 0) is 49.3 Å². The molecule has 1 rings (SSSR count). The molecule has 0 unspecified atom stereocenters. The number of anilines is 1. The van der Waals surface area contributed by atoms with E-state index in [1.807, 2.05) is 6.07 Å². The standard InChI is InChI=1S/C11H13N3O3S/c1-7(15)10(14-17)11(16)13-8-4-3-5-9(6-8)18-12-2/h3-6,12,15H,1-2H3,(H,13,16). The molecule has 0 aliphatic carbocycles. The number of nitrogens with one attached hydrogen (secondary N) is 2. The number of allylic oxidation sites excluding steroid dienone is 1. The zero-order valence-corrected chi connectivity index (χ0v) is 10.7. The van der Waals surface area contributed by atoms with Gasteiger partial charge in [0.05, 0.1) is 0 Å². The Bertz CT molecular complexity index is 484. The number of aliphatic hydroxyl groups is 1. The van der Waals surface area contributed by atoms with Crippen LogP contribution in [0.3, 0.4) is 0 Å². The van der Waals surface area contributed by atoms with Gasteiger partial charge in [0.1, 0.15) is 5.76 Å². The molecule has 7 heteroatoms. The van der Waals surface area contributed by atoms with E-state index in [2.05, 4.69) is 15.2 Å². The third-order valence-electron chi connectivity index (χ3n) is 1.96. The fourth-order valence-corrected chi connectivity index (χ4v) is 1.79. The van der Waals surface area contributed by atoms with Crippen molar-refractivity contribution in [3.63, 3.8) is 0 Å². The zero-order valence-electron chi connectivity index (χ0n) is 9.93. The summed E-state index contributed by atoms with van der Waals surface area (Å²) in [7, 11) is 1.78. The second-order valence-electron chi connectivity index (χ2n) is 3.31. The number of hydrogen-bond acceptors (Lipinski definition) is 6. The van der Waals surface area contributed by atoms with Crippen molar-refractivity contribution in [2.75, 3.05) is 12.4 Å². The maximum absolute atomic E-state index is 11.6. The van der Waals surface area contributed by atoms with Crippen molar-refractivity contribution in [2.24, 2.45) is 5.18 Å². The van der Waals surface area contributed by atoms with E-state index in [9.17, 15) is 9.70 Å². The lowest BCUT2D eigenvalue weighted by Crippen LogP contribution is -2.14. The van der Waals surface area contributed by atoms with Gasteiger partial charge in [-0.1, -0.05) is 6.07 Å². The molecule has 0 fully saturated rings. The average molecular weight is 267 g/mol. The Morgan fingerprint density at radius 3 is 2.72 bits per heavy atom. The van der Waals surface area contributed by atoms with Crippen LogP contribution in [0, 0.1) is 4.91 Å². The van der Waals surface area contributed by atoms with E-state index >= 15 is 0 Å². The van der Waals surface area contributed by atoms with Crippen molar-refractivity contribution in [3.8, 4) is 0 Å². The Hall–Kier alpha value is -1.86. The minimum absolute atomic E-state index is 0.414. The molecule has 0 aliphatic heterocycles. The van der Waals surface area contributed by atoms with Crippen LogP contribution in [0.15, 0.2) is 45.8 Å². The molecule has 1 aromatic carbocycles. The molecule has 18 heavy (non-hydrogen) atoms. The number of hydrogen-bond donors (Lipinski definition) is 3. The molecule has 3 N–H and O–H groups in total. The van der Waals surface area contributed by atoms with Crippen molar-refractivity contribution < 1.29 is 9.90 Å². The molecule has 0 bridgehead atoms. The van der Waals surface area contributed by atoms with Crippen molar-refractivity contribution in [1.29, 1.82) is 0 Å². The van der Waals surface area contributed by atoms with Crippen LogP contribution in [0.4, 0.5) is 5.69 Å². The first-order chi connectivity index (χ1) is 8.58. The highest BCUT2D eigenvalue weighted by molar-refractivity contribution is 7.97. The monoisotopic (exact) mass is 267 g/mol.